The Kier molecular flexibility index (Phi) is 8.02. The zero-order valence-corrected chi connectivity index (χ0v) is 22.1. The van der Waals surface area contributed by atoms with Crippen LogP contribution in [0.5, 0.6) is 28.7 Å². The van der Waals surface area contributed by atoms with Gasteiger partial charge in [-0.1, -0.05) is 19.9 Å². The third-order valence-electron chi connectivity index (χ3n) is 5.79. The van der Waals surface area contributed by atoms with Gasteiger partial charge in [-0.25, -0.2) is 4.98 Å². The van der Waals surface area contributed by atoms with Crippen molar-refractivity contribution in [2.24, 2.45) is 5.92 Å². The van der Waals surface area contributed by atoms with E-state index in [-0.39, 0.29) is 30.2 Å². The first-order valence-electron chi connectivity index (χ1n) is 11.6. The van der Waals surface area contributed by atoms with Crippen molar-refractivity contribution < 1.29 is 33.3 Å². The van der Waals surface area contributed by atoms with Crippen LogP contribution in [-0.4, -0.2) is 44.9 Å². The molecule has 1 aliphatic rings. The van der Waals surface area contributed by atoms with E-state index in [1.165, 1.54) is 32.7 Å². The number of hydrogen-bond donors (Lipinski definition) is 2. The van der Waals surface area contributed by atoms with Crippen LogP contribution in [-0.2, 0) is 6.54 Å². The minimum Gasteiger partial charge on any atom is -0.493 e. The average Bonchev–Trinajstić information content (AvgIpc) is 3.58. The van der Waals surface area contributed by atoms with Gasteiger partial charge in [0.25, 0.3) is 11.8 Å². The first-order valence-corrected chi connectivity index (χ1v) is 12.5. The molecule has 0 fully saturated rings. The summed E-state index contributed by atoms with van der Waals surface area (Å²) in [6.07, 6.45) is 0. The number of thiazole rings is 1. The molecule has 4 rings (SSSR count). The van der Waals surface area contributed by atoms with E-state index in [0.717, 1.165) is 5.56 Å². The molecule has 10 nitrogen and oxygen atoms in total. The summed E-state index contributed by atoms with van der Waals surface area (Å²) >= 11 is 1.32. The van der Waals surface area contributed by atoms with Gasteiger partial charge < -0.3 is 34.3 Å². The van der Waals surface area contributed by atoms with Crippen molar-refractivity contribution in [1.82, 2.24) is 15.6 Å². The van der Waals surface area contributed by atoms with Crippen LogP contribution in [0, 0.1) is 5.92 Å². The average molecular weight is 528 g/mol. The smallest absolute Gasteiger partial charge is 0.271 e. The highest BCUT2D eigenvalue weighted by atomic mass is 32.1. The Morgan fingerprint density at radius 3 is 2.35 bits per heavy atom. The maximum absolute atomic E-state index is 13.2. The summed E-state index contributed by atoms with van der Waals surface area (Å²) in [4.78, 5) is 30.4. The molecule has 11 heteroatoms. The number of amides is 2. The molecule has 0 radical (unpaired) electrons. The molecule has 0 spiro atoms. The number of nitrogens with one attached hydrogen (secondary N) is 2. The highest BCUT2D eigenvalue weighted by molar-refractivity contribution is 7.09. The van der Waals surface area contributed by atoms with Gasteiger partial charge in [0, 0.05) is 17.5 Å². The molecule has 1 atom stereocenters. The van der Waals surface area contributed by atoms with Gasteiger partial charge in [0.15, 0.2) is 23.0 Å². The molecule has 2 N–H and O–H groups in total. The number of ether oxygens (including phenoxy) is 5. The van der Waals surface area contributed by atoms with E-state index >= 15 is 0 Å². The third-order valence-corrected chi connectivity index (χ3v) is 6.72. The normalized spacial score (nSPS) is 12.7. The second-order valence-corrected chi connectivity index (χ2v) is 9.44. The fourth-order valence-electron chi connectivity index (χ4n) is 3.81. The fraction of sp³-hybridized carbons (Fsp3) is 0.346. The number of rotatable bonds is 10. The molecule has 0 aliphatic carbocycles. The van der Waals surface area contributed by atoms with Gasteiger partial charge in [0.2, 0.25) is 12.5 Å². The number of carbonyl (C=O) groups is 2. The van der Waals surface area contributed by atoms with E-state index in [4.69, 9.17) is 23.7 Å². The summed E-state index contributed by atoms with van der Waals surface area (Å²) in [5, 5.41) is 8.21. The maximum Gasteiger partial charge on any atom is 0.271 e. The molecule has 2 aromatic carbocycles. The van der Waals surface area contributed by atoms with Crippen molar-refractivity contribution in [3.8, 4) is 28.7 Å². The molecule has 0 saturated heterocycles. The second-order valence-electron chi connectivity index (χ2n) is 8.55. The predicted molar refractivity (Wildman–Crippen MR) is 137 cm³/mol. The number of methoxy groups -OCH3 is 3. The highest BCUT2D eigenvalue weighted by Gasteiger charge is 2.25. The third kappa shape index (κ3) is 5.72. The number of nitrogens with zero attached hydrogens (tertiary/aromatic N) is 1. The van der Waals surface area contributed by atoms with Crippen LogP contribution in [0.4, 0.5) is 0 Å². The molecule has 196 valence electrons. The Bertz CT molecular complexity index is 1270. The van der Waals surface area contributed by atoms with Gasteiger partial charge in [-0.2, -0.15) is 0 Å². The van der Waals surface area contributed by atoms with Crippen LogP contribution in [0.25, 0.3) is 0 Å². The highest BCUT2D eigenvalue weighted by Crippen LogP contribution is 2.38. The van der Waals surface area contributed by atoms with E-state index in [0.29, 0.717) is 45.9 Å². The summed E-state index contributed by atoms with van der Waals surface area (Å²) in [5.41, 5.74) is 1.51. The van der Waals surface area contributed by atoms with Gasteiger partial charge in [-0.05, 0) is 35.7 Å². The van der Waals surface area contributed by atoms with E-state index in [9.17, 15) is 9.59 Å². The molecule has 1 aromatic heterocycles. The van der Waals surface area contributed by atoms with Gasteiger partial charge in [0.1, 0.15) is 10.7 Å². The summed E-state index contributed by atoms with van der Waals surface area (Å²) in [6, 6.07) is 8.29. The predicted octanol–water partition coefficient (Wildman–Crippen LogP) is 3.95. The van der Waals surface area contributed by atoms with Gasteiger partial charge in [-0.3, -0.25) is 9.59 Å². The summed E-state index contributed by atoms with van der Waals surface area (Å²) in [7, 11) is 4.48. The van der Waals surface area contributed by atoms with E-state index in [2.05, 4.69) is 15.6 Å². The Labute approximate surface area is 218 Å². The van der Waals surface area contributed by atoms with Crippen molar-refractivity contribution in [3.63, 3.8) is 0 Å². The van der Waals surface area contributed by atoms with Crippen LogP contribution in [0.2, 0.25) is 0 Å². The van der Waals surface area contributed by atoms with Crippen LogP contribution >= 0.6 is 11.3 Å². The van der Waals surface area contributed by atoms with Crippen molar-refractivity contribution >= 4 is 23.2 Å². The lowest BCUT2D eigenvalue weighted by Gasteiger charge is -2.21. The molecule has 1 aliphatic heterocycles. The number of aromatic nitrogens is 1. The zero-order chi connectivity index (χ0) is 26.5. The zero-order valence-electron chi connectivity index (χ0n) is 21.2. The number of carbonyl (C=O) groups excluding carboxylic acids is 2. The molecule has 2 heterocycles. The summed E-state index contributed by atoms with van der Waals surface area (Å²) < 4.78 is 26.8. The molecule has 0 unspecified atom stereocenters. The first kappa shape index (κ1) is 26.1. The van der Waals surface area contributed by atoms with Crippen molar-refractivity contribution in [2.75, 3.05) is 28.1 Å². The maximum atomic E-state index is 13.2. The topological polar surface area (TPSA) is 117 Å². The first-order chi connectivity index (χ1) is 17.8. The molecule has 0 bridgehead atoms. The van der Waals surface area contributed by atoms with Crippen molar-refractivity contribution in [2.45, 2.75) is 26.4 Å². The SMILES string of the molecule is COc1cc(C(=O)N[C@H](c2nc(C(=O)NCc3ccc4c(c3)OCO4)cs2)C(C)C)cc(OC)c1OC. The molecule has 3 aromatic rings. The number of benzene rings is 2. The van der Waals surface area contributed by atoms with E-state index < -0.39 is 6.04 Å². The summed E-state index contributed by atoms with van der Waals surface area (Å²) in [5.74, 6) is 1.88. The van der Waals surface area contributed by atoms with E-state index in [1.807, 2.05) is 32.0 Å². The van der Waals surface area contributed by atoms with Crippen LogP contribution in [0.3, 0.4) is 0 Å². The number of fused-ring (bicyclic) bond motifs is 1. The standard InChI is InChI=1S/C26H29N3O7S/c1-14(2)22(29-24(30)16-9-20(32-3)23(34-5)21(10-16)33-4)26-28-17(12-37-26)25(31)27-11-15-6-7-18-19(8-15)36-13-35-18/h6-10,12,14,22H,11,13H2,1-5H3,(H,27,31)(H,29,30)/t22-/m0/s1. The monoisotopic (exact) mass is 527 g/mol. The van der Waals surface area contributed by atoms with Gasteiger partial charge in [-0.15, -0.1) is 11.3 Å². The lowest BCUT2D eigenvalue weighted by molar-refractivity contribution is 0.0924. The van der Waals surface area contributed by atoms with Crippen LogP contribution < -0.4 is 34.3 Å². The lowest BCUT2D eigenvalue weighted by Crippen LogP contribution is -2.32. The Balaban J connectivity index is 1.45. The number of hydrogen-bond acceptors (Lipinski definition) is 9. The quantitative estimate of drug-likeness (QED) is 0.407. The molecular weight excluding hydrogens is 498 g/mol. The minimum absolute atomic E-state index is 0.0154. The van der Waals surface area contributed by atoms with Crippen molar-refractivity contribution in [1.29, 1.82) is 0 Å². The largest absolute Gasteiger partial charge is 0.493 e. The van der Waals surface area contributed by atoms with Gasteiger partial charge >= 0.3 is 0 Å². The Morgan fingerprint density at radius 1 is 1.00 bits per heavy atom. The second kappa shape index (κ2) is 11.4. The van der Waals surface area contributed by atoms with Crippen LogP contribution in [0.1, 0.15) is 51.3 Å². The van der Waals surface area contributed by atoms with E-state index in [1.54, 1.807) is 17.5 Å². The lowest BCUT2D eigenvalue weighted by atomic mass is 10.0. The van der Waals surface area contributed by atoms with Crippen LogP contribution in [0.15, 0.2) is 35.7 Å². The minimum atomic E-state index is -0.410. The molecule has 0 saturated carbocycles. The molecular formula is C26H29N3O7S. The Hall–Kier alpha value is -3.99. The Morgan fingerprint density at radius 2 is 1.70 bits per heavy atom. The van der Waals surface area contributed by atoms with Crippen molar-refractivity contribution in [3.05, 3.63) is 57.5 Å². The fourth-order valence-corrected chi connectivity index (χ4v) is 4.83. The summed E-state index contributed by atoms with van der Waals surface area (Å²) in [6.45, 7) is 4.45. The molecule has 2 amide bonds. The molecule has 37 heavy (non-hydrogen) atoms. The van der Waals surface area contributed by atoms with Gasteiger partial charge in [0.05, 0.1) is 27.4 Å².